The van der Waals surface area contributed by atoms with Crippen molar-refractivity contribution < 1.29 is 0 Å². The zero-order chi connectivity index (χ0) is 15.3. The Kier molecular flexibility index (Phi) is 5.23. The lowest BCUT2D eigenvalue weighted by atomic mass is 9.69. The van der Waals surface area contributed by atoms with Gasteiger partial charge in [-0.05, 0) is 56.3 Å². The van der Waals surface area contributed by atoms with E-state index in [1.807, 2.05) is 6.19 Å². The van der Waals surface area contributed by atoms with Gasteiger partial charge >= 0.3 is 0 Å². The minimum atomic E-state index is -0.209. The fraction of sp³-hybridized carbons (Fsp3) is 0.824. The number of hydrogen-bond donors (Lipinski definition) is 0. The van der Waals surface area contributed by atoms with Crippen LogP contribution in [0.3, 0.4) is 0 Å². The first-order valence-corrected chi connectivity index (χ1v) is 8.18. The van der Waals surface area contributed by atoms with Crippen molar-refractivity contribution in [2.24, 2.45) is 22.2 Å². The Labute approximate surface area is 128 Å². The number of aliphatic imine (C=N–C) groups is 1. The third-order valence-corrected chi connectivity index (χ3v) is 5.12. The molecule has 1 heterocycles. The second-order valence-corrected chi connectivity index (χ2v) is 7.23. The van der Waals surface area contributed by atoms with Gasteiger partial charge in [0.15, 0.2) is 0 Å². The molecule has 1 unspecified atom stereocenters. The Morgan fingerprint density at radius 2 is 1.76 bits per heavy atom. The van der Waals surface area contributed by atoms with Gasteiger partial charge in [-0.1, -0.05) is 13.8 Å². The van der Waals surface area contributed by atoms with Crippen LogP contribution in [-0.2, 0) is 0 Å². The molecule has 0 N–H and O–H groups in total. The summed E-state index contributed by atoms with van der Waals surface area (Å²) < 4.78 is 0. The van der Waals surface area contributed by atoms with Crippen LogP contribution in [0.25, 0.3) is 0 Å². The number of likely N-dealkylation sites (tertiary alicyclic amines) is 1. The van der Waals surface area contributed by atoms with Crippen LogP contribution in [0.2, 0.25) is 0 Å². The molecule has 2 fully saturated rings. The molecule has 0 aromatic carbocycles. The third kappa shape index (κ3) is 3.97. The molecule has 114 valence electrons. The first-order chi connectivity index (χ1) is 10.1. The lowest BCUT2D eigenvalue weighted by molar-refractivity contribution is 0.176. The minimum absolute atomic E-state index is 0.209. The molecular weight excluding hydrogens is 260 g/mol. The van der Waals surface area contributed by atoms with E-state index in [0.717, 1.165) is 57.5 Å². The Morgan fingerprint density at radius 1 is 1.14 bits per heavy atom. The molecule has 0 aromatic rings. The van der Waals surface area contributed by atoms with Crippen LogP contribution in [-0.4, -0.2) is 23.8 Å². The normalized spacial score (nSPS) is 25.0. The molecule has 1 atom stereocenters. The molecule has 0 aromatic heterocycles. The summed E-state index contributed by atoms with van der Waals surface area (Å²) >= 11 is 0. The van der Waals surface area contributed by atoms with Crippen LogP contribution >= 0.6 is 0 Å². The van der Waals surface area contributed by atoms with Gasteiger partial charge in [0.2, 0.25) is 6.19 Å². The highest BCUT2D eigenvalue weighted by Crippen LogP contribution is 2.41. The zero-order valence-electron chi connectivity index (χ0n) is 13.3. The molecule has 0 amide bonds. The molecule has 0 bridgehead atoms. The van der Waals surface area contributed by atoms with E-state index in [-0.39, 0.29) is 5.92 Å². The number of amidine groups is 1. The van der Waals surface area contributed by atoms with E-state index in [4.69, 9.17) is 5.26 Å². The molecule has 0 spiro atoms. The van der Waals surface area contributed by atoms with Crippen molar-refractivity contribution in [2.75, 3.05) is 13.1 Å². The second kappa shape index (κ2) is 6.94. The number of nitriles is 2. The Hall–Kier alpha value is -1.55. The molecular formula is C17H26N4. The van der Waals surface area contributed by atoms with Gasteiger partial charge < -0.3 is 4.90 Å². The Bertz CT molecular complexity index is 450. The fourth-order valence-corrected chi connectivity index (χ4v) is 3.64. The summed E-state index contributed by atoms with van der Waals surface area (Å²) in [5.41, 5.74) is 0.397. The van der Waals surface area contributed by atoms with Gasteiger partial charge in [-0.2, -0.15) is 15.5 Å². The van der Waals surface area contributed by atoms with Crippen LogP contribution in [0.4, 0.5) is 0 Å². The van der Waals surface area contributed by atoms with Crippen LogP contribution in [0.1, 0.15) is 58.8 Å². The first kappa shape index (κ1) is 15.8. The van der Waals surface area contributed by atoms with Gasteiger partial charge in [-0.25, -0.2) is 0 Å². The Morgan fingerprint density at radius 3 is 2.29 bits per heavy atom. The summed E-state index contributed by atoms with van der Waals surface area (Å²) in [6.45, 7) is 6.49. The monoisotopic (exact) mass is 286 g/mol. The second-order valence-electron chi connectivity index (χ2n) is 7.23. The molecule has 4 nitrogen and oxygen atoms in total. The summed E-state index contributed by atoms with van der Waals surface area (Å²) in [4.78, 5) is 6.24. The summed E-state index contributed by atoms with van der Waals surface area (Å²) in [6, 6.07) is 2.46. The quantitative estimate of drug-likeness (QED) is 0.441. The van der Waals surface area contributed by atoms with Gasteiger partial charge in [0.1, 0.15) is 11.8 Å². The van der Waals surface area contributed by atoms with Gasteiger partial charge in [-0.3, -0.25) is 0 Å². The molecule has 21 heavy (non-hydrogen) atoms. The number of hydrogen-bond acceptors (Lipinski definition) is 3. The third-order valence-electron chi connectivity index (χ3n) is 5.12. The molecule has 0 radical (unpaired) electrons. The maximum absolute atomic E-state index is 9.67. The van der Waals surface area contributed by atoms with Crippen LogP contribution in [0, 0.1) is 40.0 Å². The molecule has 1 saturated carbocycles. The van der Waals surface area contributed by atoms with Gasteiger partial charge in [0.05, 0.1) is 6.07 Å². The van der Waals surface area contributed by atoms with Crippen molar-refractivity contribution in [2.45, 2.75) is 58.8 Å². The van der Waals surface area contributed by atoms with Crippen molar-refractivity contribution in [3.63, 3.8) is 0 Å². The van der Waals surface area contributed by atoms with Gasteiger partial charge in [0.25, 0.3) is 0 Å². The largest absolute Gasteiger partial charge is 0.358 e. The molecule has 2 aliphatic rings. The summed E-state index contributed by atoms with van der Waals surface area (Å²) in [5.74, 6) is 0.889. The zero-order valence-corrected chi connectivity index (χ0v) is 13.3. The minimum Gasteiger partial charge on any atom is -0.358 e. The number of rotatable bonds is 2. The van der Waals surface area contributed by atoms with Crippen LogP contribution < -0.4 is 0 Å². The van der Waals surface area contributed by atoms with Gasteiger partial charge in [0, 0.05) is 13.1 Å². The average molecular weight is 286 g/mol. The first-order valence-electron chi connectivity index (χ1n) is 8.18. The highest BCUT2D eigenvalue weighted by Gasteiger charge is 2.35. The van der Waals surface area contributed by atoms with E-state index >= 15 is 0 Å². The lowest BCUT2D eigenvalue weighted by Crippen LogP contribution is -2.42. The molecule has 1 aliphatic heterocycles. The summed E-state index contributed by atoms with van der Waals surface area (Å²) in [6.07, 6.45) is 9.92. The van der Waals surface area contributed by atoms with Crippen molar-refractivity contribution in [3.05, 3.63) is 0 Å². The predicted octanol–water partition coefficient (Wildman–Crippen LogP) is 3.71. The van der Waals surface area contributed by atoms with E-state index in [1.54, 1.807) is 0 Å². The SMILES string of the molecule is CC1(C)CCC(C(C#N)C(=NC#N)N2CCCCC2)CC1. The van der Waals surface area contributed by atoms with Crippen LogP contribution in [0.15, 0.2) is 4.99 Å². The number of piperidine rings is 1. The summed E-state index contributed by atoms with van der Waals surface area (Å²) in [5, 5.41) is 18.7. The lowest BCUT2D eigenvalue weighted by Gasteiger charge is -2.38. The molecule has 4 heteroatoms. The molecule has 2 rings (SSSR count). The standard InChI is InChI=1S/C17H26N4/c1-17(2)8-6-14(7-9-17)15(12-18)16(20-13-19)21-10-4-3-5-11-21/h14-15H,3-11H2,1-2H3. The van der Waals surface area contributed by atoms with Gasteiger partial charge in [-0.15, -0.1) is 0 Å². The highest BCUT2D eigenvalue weighted by molar-refractivity contribution is 5.88. The maximum atomic E-state index is 9.67. The smallest absolute Gasteiger partial charge is 0.207 e. The van der Waals surface area contributed by atoms with E-state index in [9.17, 15) is 5.26 Å². The van der Waals surface area contributed by atoms with Crippen molar-refractivity contribution >= 4 is 5.84 Å². The van der Waals surface area contributed by atoms with Crippen molar-refractivity contribution in [3.8, 4) is 12.3 Å². The highest BCUT2D eigenvalue weighted by atomic mass is 15.2. The Balaban J connectivity index is 2.12. The topological polar surface area (TPSA) is 63.2 Å². The predicted molar refractivity (Wildman–Crippen MR) is 83.3 cm³/mol. The van der Waals surface area contributed by atoms with Crippen molar-refractivity contribution in [1.29, 1.82) is 10.5 Å². The average Bonchev–Trinajstić information content (AvgIpc) is 2.49. The maximum Gasteiger partial charge on any atom is 0.207 e. The fourth-order valence-electron chi connectivity index (χ4n) is 3.64. The molecule has 1 aliphatic carbocycles. The van der Waals surface area contributed by atoms with E-state index in [0.29, 0.717) is 11.3 Å². The number of nitrogens with zero attached hydrogens (tertiary/aromatic N) is 4. The van der Waals surface area contributed by atoms with E-state index < -0.39 is 0 Å². The van der Waals surface area contributed by atoms with E-state index in [2.05, 4.69) is 29.8 Å². The molecule has 1 saturated heterocycles. The van der Waals surface area contributed by atoms with Crippen molar-refractivity contribution in [1.82, 2.24) is 4.90 Å². The summed E-state index contributed by atoms with van der Waals surface area (Å²) in [7, 11) is 0. The van der Waals surface area contributed by atoms with E-state index in [1.165, 1.54) is 6.42 Å². The van der Waals surface area contributed by atoms with Crippen LogP contribution in [0.5, 0.6) is 0 Å².